The van der Waals surface area contributed by atoms with Crippen LogP contribution in [-0.2, 0) is 11.2 Å². The second-order valence-electron chi connectivity index (χ2n) is 4.02. The molecule has 1 rings (SSSR count). The van der Waals surface area contributed by atoms with Crippen LogP contribution in [0.4, 0.5) is 4.79 Å². The van der Waals surface area contributed by atoms with Crippen molar-refractivity contribution in [2.45, 2.75) is 25.8 Å². The molecule has 3 N–H and O–H groups in total. The van der Waals surface area contributed by atoms with Crippen LogP contribution in [0.15, 0.2) is 22.8 Å². The van der Waals surface area contributed by atoms with Crippen LogP contribution in [0, 0.1) is 0 Å². The zero-order valence-corrected chi connectivity index (χ0v) is 10.7. The normalized spacial score (nSPS) is 11.7. The zero-order chi connectivity index (χ0) is 13.4. The summed E-state index contributed by atoms with van der Waals surface area (Å²) < 4.78 is 5.20. The Hall–Kier alpha value is -1.98. The van der Waals surface area contributed by atoms with Gasteiger partial charge in [0.05, 0.1) is 12.8 Å². The first kappa shape index (κ1) is 14.1. The number of carbonyl (C=O) groups is 2. The first-order valence-corrected chi connectivity index (χ1v) is 5.89. The van der Waals surface area contributed by atoms with Gasteiger partial charge in [-0.05, 0) is 25.5 Å². The summed E-state index contributed by atoms with van der Waals surface area (Å²) in [5.41, 5.74) is 0. The zero-order valence-electron chi connectivity index (χ0n) is 10.7. The molecule has 100 valence electrons. The van der Waals surface area contributed by atoms with Crippen molar-refractivity contribution in [1.82, 2.24) is 16.0 Å². The Morgan fingerprint density at radius 2 is 2.22 bits per heavy atom. The smallest absolute Gasteiger partial charge is 0.315 e. The van der Waals surface area contributed by atoms with E-state index in [1.54, 1.807) is 6.26 Å². The molecule has 0 fully saturated rings. The Labute approximate surface area is 106 Å². The second-order valence-corrected chi connectivity index (χ2v) is 4.02. The monoisotopic (exact) mass is 253 g/mol. The van der Waals surface area contributed by atoms with Gasteiger partial charge in [-0.1, -0.05) is 0 Å². The Bertz CT molecular complexity index is 376. The van der Waals surface area contributed by atoms with Gasteiger partial charge >= 0.3 is 6.03 Å². The highest BCUT2D eigenvalue weighted by Gasteiger charge is 2.08. The Kier molecular flexibility index (Phi) is 5.76. The van der Waals surface area contributed by atoms with Gasteiger partial charge in [-0.3, -0.25) is 4.79 Å². The number of hydrogen-bond acceptors (Lipinski definition) is 3. The van der Waals surface area contributed by atoms with Crippen LogP contribution >= 0.6 is 0 Å². The maximum atomic E-state index is 11.4. The van der Waals surface area contributed by atoms with E-state index in [9.17, 15) is 9.59 Å². The van der Waals surface area contributed by atoms with Crippen molar-refractivity contribution in [2.24, 2.45) is 0 Å². The lowest BCUT2D eigenvalue weighted by Gasteiger charge is -2.13. The molecule has 1 heterocycles. The summed E-state index contributed by atoms with van der Waals surface area (Å²) in [7, 11) is 1.52. The maximum absolute atomic E-state index is 11.4. The largest absolute Gasteiger partial charge is 0.469 e. The van der Waals surface area contributed by atoms with Gasteiger partial charge < -0.3 is 20.4 Å². The molecular formula is C12H19N3O3. The van der Waals surface area contributed by atoms with Crippen LogP contribution < -0.4 is 16.0 Å². The number of urea groups is 1. The van der Waals surface area contributed by atoms with Gasteiger partial charge in [-0.15, -0.1) is 0 Å². The molecule has 6 heteroatoms. The van der Waals surface area contributed by atoms with E-state index >= 15 is 0 Å². The lowest BCUT2D eigenvalue weighted by molar-refractivity contribution is -0.119. The molecule has 0 spiro atoms. The first-order valence-electron chi connectivity index (χ1n) is 5.89. The molecule has 0 radical (unpaired) electrons. The molecule has 0 bridgehead atoms. The van der Waals surface area contributed by atoms with Crippen molar-refractivity contribution in [3.63, 3.8) is 0 Å². The second kappa shape index (κ2) is 7.37. The molecule has 18 heavy (non-hydrogen) atoms. The van der Waals surface area contributed by atoms with Crippen molar-refractivity contribution >= 4 is 11.9 Å². The summed E-state index contributed by atoms with van der Waals surface area (Å²) >= 11 is 0. The van der Waals surface area contributed by atoms with E-state index in [0.29, 0.717) is 0 Å². The third-order valence-electron chi connectivity index (χ3n) is 2.47. The summed E-state index contributed by atoms with van der Waals surface area (Å²) in [5, 5.41) is 7.65. The van der Waals surface area contributed by atoms with E-state index in [1.165, 1.54) is 7.05 Å². The average molecular weight is 253 g/mol. The SMILES string of the molecule is CNC(=O)CNC(=O)NC(C)CCc1ccco1. The van der Waals surface area contributed by atoms with Crippen molar-refractivity contribution in [3.8, 4) is 0 Å². The number of aryl methyl sites for hydroxylation is 1. The number of likely N-dealkylation sites (N-methyl/N-ethyl adjacent to an activating group) is 1. The molecule has 1 atom stereocenters. The predicted octanol–water partition coefficient (Wildman–Crippen LogP) is 0.646. The average Bonchev–Trinajstić information content (AvgIpc) is 2.86. The van der Waals surface area contributed by atoms with Crippen LogP contribution in [0.5, 0.6) is 0 Å². The molecule has 6 nitrogen and oxygen atoms in total. The minimum atomic E-state index is -0.342. The van der Waals surface area contributed by atoms with E-state index in [1.807, 2.05) is 19.1 Å². The molecule has 0 saturated heterocycles. The minimum Gasteiger partial charge on any atom is -0.469 e. The van der Waals surface area contributed by atoms with Gasteiger partial charge in [0, 0.05) is 19.5 Å². The van der Waals surface area contributed by atoms with Crippen molar-refractivity contribution in [3.05, 3.63) is 24.2 Å². The molecule has 0 saturated carbocycles. The summed E-state index contributed by atoms with van der Waals surface area (Å²) in [4.78, 5) is 22.3. The molecule has 1 aromatic heterocycles. The first-order chi connectivity index (χ1) is 8.61. The van der Waals surface area contributed by atoms with E-state index in [4.69, 9.17) is 4.42 Å². The summed E-state index contributed by atoms with van der Waals surface area (Å²) in [6.45, 7) is 1.88. The minimum absolute atomic E-state index is 0.0137. The summed E-state index contributed by atoms with van der Waals surface area (Å²) in [6.07, 6.45) is 3.17. The fraction of sp³-hybridized carbons (Fsp3) is 0.500. The Balaban J connectivity index is 2.17. The number of rotatable bonds is 6. The van der Waals surface area contributed by atoms with E-state index in [2.05, 4.69) is 16.0 Å². The van der Waals surface area contributed by atoms with E-state index < -0.39 is 0 Å². The maximum Gasteiger partial charge on any atom is 0.315 e. The Morgan fingerprint density at radius 3 is 2.83 bits per heavy atom. The molecule has 0 aromatic carbocycles. The third-order valence-corrected chi connectivity index (χ3v) is 2.47. The molecule has 1 aromatic rings. The van der Waals surface area contributed by atoms with Crippen LogP contribution in [-0.4, -0.2) is 31.6 Å². The standard InChI is InChI=1S/C12H19N3O3/c1-9(5-6-10-4-3-7-18-10)15-12(17)14-8-11(16)13-2/h3-4,7,9H,5-6,8H2,1-2H3,(H,13,16)(H2,14,15,17). The van der Waals surface area contributed by atoms with Crippen molar-refractivity contribution in [2.75, 3.05) is 13.6 Å². The highest BCUT2D eigenvalue weighted by molar-refractivity contribution is 5.83. The number of furan rings is 1. The molecule has 1 unspecified atom stereocenters. The third kappa shape index (κ3) is 5.38. The van der Waals surface area contributed by atoms with Crippen LogP contribution in [0.25, 0.3) is 0 Å². The summed E-state index contributed by atoms with van der Waals surface area (Å²) in [5.74, 6) is 0.669. The van der Waals surface area contributed by atoms with Gasteiger partial charge in [0.2, 0.25) is 5.91 Å². The fourth-order valence-corrected chi connectivity index (χ4v) is 1.41. The molecule has 0 aliphatic heterocycles. The topological polar surface area (TPSA) is 83.4 Å². The predicted molar refractivity (Wildman–Crippen MR) is 67.1 cm³/mol. The van der Waals surface area contributed by atoms with Crippen LogP contribution in [0.1, 0.15) is 19.1 Å². The highest BCUT2D eigenvalue weighted by Crippen LogP contribution is 2.05. The highest BCUT2D eigenvalue weighted by atomic mass is 16.3. The lowest BCUT2D eigenvalue weighted by Crippen LogP contribution is -2.44. The van der Waals surface area contributed by atoms with Gasteiger partial charge in [-0.2, -0.15) is 0 Å². The molecular weight excluding hydrogens is 234 g/mol. The van der Waals surface area contributed by atoms with Crippen molar-refractivity contribution < 1.29 is 14.0 Å². The van der Waals surface area contributed by atoms with Gasteiger partial charge in [0.15, 0.2) is 0 Å². The number of hydrogen-bond donors (Lipinski definition) is 3. The summed E-state index contributed by atoms with van der Waals surface area (Å²) in [6, 6.07) is 3.41. The fourth-order valence-electron chi connectivity index (χ4n) is 1.41. The van der Waals surface area contributed by atoms with Crippen LogP contribution in [0.3, 0.4) is 0 Å². The van der Waals surface area contributed by atoms with E-state index in [-0.39, 0.29) is 24.5 Å². The van der Waals surface area contributed by atoms with Gasteiger partial charge in [-0.25, -0.2) is 4.79 Å². The number of amides is 3. The number of nitrogens with one attached hydrogen (secondary N) is 3. The lowest BCUT2D eigenvalue weighted by atomic mass is 10.1. The quantitative estimate of drug-likeness (QED) is 0.696. The van der Waals surface area contributed by atoms with Gasteiger partial charge in [0.1, 0.15) is 5.76 Å². The van der Waals surface area contributed by atoms with Crippen molar-refractivity contribution in [1.29, 1.82) is 0 Å². The molecule has 0 aliphatic carbocycles. The van der Waals surface area contributed by atoms with E-state index in [0.717, 1.165) is 18.6 Å². The Morgan fingerprint density at radius 1 is 1.44 bits per heavy atom. The molecule has 3 amide bonds. The van der Waals surface area contributed by atoms with Gasteiger partial charge in [0.25, 0.3) is 0 Å². The van der Waals surface area contributed by atoms with Crippen LogP contribution in [0.2, 0.25) is 0 Å². The number of carbonyl (C=O) groups excluding carboxylic acids is 2. The molecule has 0 aliphatic rings.